The van der Waals surface area contributed by atoms with Crippen LogP contribution in [0.25, 0.3) is 0 Å². The van der Waals surface area contributed by atoms with Crippen LogP contribution in [0.1, 0.15) is 54.4 Å². The summed E-state index contributed by atoms with van der Waals surface area (Å²) in [6.07, 6.45) is 8.22. The fourth-order valence-corrected chi connectivity index (χ4v) is 6.32. The van der Waals surface area contributed by atoms with Gasteiger partial charge in [-0.3, -0.25) is 4.79 Å². The van der Waals surface area contributed by atoms with Gasteiger partial charge in [0.2, 0.25) is 0 Å². The van der Waals surface area contributed by atoms with Crippen LogP contribution >= 0.6 is 0 Å². The number of carbonyl (C=O) groups is 1. The van der Waals surface area contributed by atoms with Crippen LogP contribution < -0.4 is 4.74 Å². The molecule has 4 saturated carbocycles. The van der Waals surface area contributed by atoms with Crippen LogP contribution in [0.5, 0.6) is 11.5 Å². The van der Waals surface area contributed by atoms with E-state index in [1.54, 1.807) is 0 Å². The first-order valence-electron chi connectivity index (χ1n) is 10.3. The fourth-order valence-electron chi connectivity index (χ4n) is 6.32. The first-order valence-corrected chi connectivity index (χ1v) is 10.3. The molecule has 0 radical (unpaired) electrons. The largest absolute Gasteiger partial charge is 0.454 e. The molecule has 4 heteroatoms. The summed E-state index contributed by atoms with van der Waals surface area (Å²) in [4.78, 5) is 11.5. The number of benzene rings is 2. The second-order valence-electron chi connectivity index (χ2n) is 9.05. The lowest BCUT2D eigenvalue weighted by Gasteiger charge is -2.57. The molecular formula is C24H25FO3. The highest BCUT2D eigenvalue weighted by Crippen LogP contribution is 2.60. The average Bonchev–Trinajstić information content (AvgIpc) is 2.68. The summed E-state index contributed by atoms with van der Waals surface area (Å²) in [6, 6.07) is 12.2. The average molecular weight is 380 g/mol. The molecule has 4 aliphatic carbocycles. The zero-order chi connectivity index (χ0) is 19.3. The SMILES string of the molecule is O=C(CO)c1ccc(Oc2ccc(C34CC5CC(CC(C5)C3)C4)cc2)c(F)c1. The van der Waals surface area contributed by atoms with E-state index in [1.807, 2.05) is 12.1 Å². The summed E-state index contributed by atoms with van der Waals surface area (Å²) in [5, 5.41) is 8.89. The van der Waals surface area contributed by atoms with Crippen molar-refractivity contribution in [3.8, 4) is 11.5 Å². The van der Waals surface area contributed by atoms with Gasteiger partial charge in [0.15, 0.2) is 17.3 Å². The van der Waals surface area contributed by atoms with E-state index in [1.165, 1.54) is 56.2 Å². The van der Waals surface area contributed by atoms with E-state index >= 15 is 0 Å². The lowest BCUT2D eigenvalue weighted by atomic mass is 9.48. The first kappa shape index (κ1) is 17.9. The summed E-state index contributed by atoms with van der Waals surface area (Å²) < 4.78 is 20.0. The van der Waals surface area contributed by atoms with Crippen LogP contribution in [0.4, 0.5) is 4.39 Å². The Bertz CT molecular complexity index is 867. The van der Waals surface area contributed by atoms with Crippen molar-refractivity contribution in [2.75, 3.05) is 6.61 Å². The Morgan fingerprint density at radius 2 is 1.61 bits per heavy atom. The Kier molecular flexibility index (Phi) is 4.27. The molecule has 6 rings (SSSR count). The molecule has 0 aromatic heterocycles. The Balaban J connectivity index is 1.34. The predicted octanol–water partition coefficient (Wildman–Crippen LogP) is 5.26. The number of carbonyl (C=O) groups excluding carboxylic acids is 1. The predicted molar refractivity (Wildman–Crippen MR) is 104 cm³/mol. The number of ketones is 1. The van der Waals surface area contributed by atoms with Gasteiger partial charge in [0.1, 0.15) is 12.4 Å². The van der Waals surface area contributed by atoms with Crippen LogP contribution in [0.15, 0.2) is 42.5 Å². The van der Waals surface area contributed by atoms with Gasteiger partial charge >= 0.3 is 0 Å². The molecular weight excluding hydrogens is 355 g/mol. The molecule has 146 valence electrons. The summed E-state index contributed by atoms with van der Waals surface area (Å²) in [5.41, 5.74) is 1.89. The monoisotopic (exact) mass is 380 g/mol. The minimum absolute atomic E-state index is 0.0806. The number of halogens is 1. The van der Waals surface area contributed by atoms with Crippen molar-refractivity contribution in [3.63, 3.8) is 0 Å². The van der Waals surface area contributed by atoms with Crippen LogP contribution in [-0.2, 0) is 5.41 Å². The summed E-state index contributed by atoms with van der Waals surface area (Å²) in [6.45, 7) is -0.634. The molecule has 4 aliphatic rings. The van der Waals surface area contributed by atoms with E-state index in [0.29, 0.717) is 11.2 Å². The summed E-state index contributed by atoms with van der Waals surface area (Å²) in [5.74, 6) is 2.25. The van der Waals surface area contributed by atoms with E-state index in [9.17, 15) is 9.18 Å². The molecule has 28 heavy (non-hydrogen) atoms. The normalized spacial score (nSPS) is 30.4. The highest BCUT2D eigenvalue weighted by atomic mass is 19.1. The standard InChI is InChI=1S/C24H25FO3/c25-21-10-18(22(27)14-26)1-6-23(21)28-20-4-2-19(3-5-20)24-11-15-7-16(12-24)9-17(8-15)13-24/h1-6,10,15-17,26H,7-9,11-14H2. The van der Waals surface area contributed by atoms with Gasteiger partial charge in [-0.25, -0.2) is 4.39 Å². The molecule has 1 N–H and O–H groups in total. The second kappa shape index (κ2) is 6.70. The molecule has 0 saturated heterocycles. The topological polar surface area (TPSA) is 46.5 Å². The van der Waals surface area contributed by atoms with E-state index in [-0.39, 0.29) is 11.3 Å². The number of hydrogen-bond acceptors (Lipinski definition) is 3. The molecule has 2 aromatic carbocycles. The number of hydrogen-bond donors (Lipinski definition) is 1. The Hall–Kier alpha value is -2.20. The fraction of sp³-hybridized carbons (Fsp3) is 0.458. The molecule has 2 aromatic rings. The minimum Gasteiger partial charge on any atom is -0.454 e. The number of rotatable bonds is 5. The van der Waals surface area contributed by atoms with Crippen molar-refractivity contribution < 1.29 is 19.0 Å². The molecule has 0 amide bonds. The van der Waals surface area contributed by atoms with E-state index in [4.69, 9.17) is 9.84 Å². The summed E-state index contributed by atoms with van der Waals surface area (Å²) in [7, 11) is 0. The van der Waals surface area contributed by atoms with Crippen molar-refractivity contribution >= 4 is 5.78 Å². The maximum Gasteiger partial charge on any atom is 0.188 e. The van der Waals surface area contributed by atoms with E-state index in [2.05, 4.69) is 12.1 Å². The Morgan fingerprint density at radius 3 is 2.14 bits per heavy atom. The minimum atomic E-state index is -0.634. The van der Waals surface area contributed by atoms with Crippen LogP contribution in [-0.4, -0.2) is 17.5 Å². The van der Waals surface area contributed by atoms with Crippen molar-refractivity contribution in [1.29, 1.82) is 0 Å². The number of aliphatic hydroxyl groups excluding tert-OH is 1. The first-order chi connectivity index (χ1) is 13.5. The lowest BCUT2D eigenvalue weighted by molar-refractivity contribution is -0.00520. The van der Waals surface area contributed by atoms with Gasteiger partial charge in [0.25, 0.3) is 0 Å². The Labute approximate surface area is 164 Å². The maximum atomic E-state index is 14.3. The van der Waals surface area contributed by atoms with Crippen molar-refractivity contribution in [3.05, 3.63) is 59.4 Å². The molecule has 0 unspecified atom stereocenters. The summed E-state index contributed by atoms with van der Waals surface area (Å²) >= 11 is 0. The van der Waals surface area contributed by atoms with Gasteiger partial charge in [-0.1, -0.05) is 12.1 Å². The van der Waals surface area contributed by atoms with Gasteiger partial charge in [-0.2, -0.15) is 0 Å². The van der Waals surface area contributed by atoms with Gasteiger partial charge in [-0.15, -0.1) is 0 Å². The number of aliphatic hydroxyl groups is 1. The maximum absolute atomic E-state index is 14.3. The second-order valence-corrected chi connectivity index (χ2v) is 9.05. The van der Waals surface area contributed by atoms with Gasteiger partial charge in [0, 0.05) is 5.56 Å². The third-order valence-electron chi connectivity index (χ3n) is 7.13. The highest BCUT2D eigenvalue weighted by molar-refractivity contribution is 5.97. The van der Waals surface area contributed by atoms with Crippen LogP contribution in [0.3, 0.4) is 0 Å². The quantitative estimate of drug-likeness (QED) is 0.720. The highest BCUT2D eigenvalue weighted by Gasteiger charge is 2.51. The molecule has 0 atom stereocenters. The number of Topliss-reactive ketones (excluding diaryl/α,β-unsaturated/α-hetero) is 1. The van der Waals surface area contributed by atoms with Crippen molar-refractivity contribution in [2.45, 2.75) is 43.9 Å². The third kappa shape index (κ3) is 3.04. The molecule has 3 nitrogen and oxygen atoms in total. The van der Waals surface area contributed by atoms with Crippen molar-refractivity contribution in [1.82, 2.24) is 0 Å². The van der Waals surface area contributed by atoms with Gasteiger partial charge in [-0.05, 0) is 97.6 Å². The molecule has 4 bridgehead atoms. The van der Waals surface area contributed by atoms with Crippen molar-refractivity contribution in [2.24, 2.45) is 17.8 Å². The smallest absolute Gasteiger partial charge is 0.188 e. The van der Waals surface area contributed by atoms with Gasteiger partial charge in [0.05, 0.1) is 0 Å². The van der Waals surface area contributed by atoms with Crippen LogP contribution in [0, 0.1) is 23.6 Å². The van der Waals surface area contributed by atoms with Crippen LogP contribution in [0.2, 0.25) is 0 Å². The zero-order valence-electron chi connectivity index (χ0n) is 15.9. The molecule has 0 spiro atoms. The number of ether oxygens (including phenoxy) is 1. The third-order valence-corrected chi connectivity index (χ3v) is 7.13. The van der Waals surface area contributed by atoms with Gasteiger partial charge < -0.3 is 9.84 Å². The lowest BCUT2D eigenvalue weighted by Crippen LogP contribution is -2.48. The van der Waals surface area contributed by atoms with E-state index < -0.39 is 18.2 Å². The van der Waals surface area contributed by atoms with E-state index in [0.717, 1.165) is 23.8 Å². The molecule has 0 aliphatic heterocycles. The molecule has 4 fully saturated rings. The zero-order valence-corrected chi connectivity index (χ0v) is 15.9. The molecule has 0 heterocycles. The Morgan fingerprint density at radius 1 is 1.00 bits per heavy atom.